The zero-order valence-corrected chi connectivity index (χ0v) is 9.63. The van der Waals surface area contributed by atoms with Gasteiger partial charge in [-0.15, -0.1) is 11.8 Å². The molecule has 2 N–H and O–H groups in total. The van der Waals surface area contributed by atoms with Crippen LogP contribution in [0.4, 0.5) is 0 Å². The first kappa shape index (κ1) is 11.5. The van der Waals surface area contributed by atoms with E-state index in [1.807, 2.05) is 36.3 Å². The quantitative estimate of drug-likeness (QED) is 0.812. The van der Waals surface area contributed by atoms with E-state index in [0.717, 1.165) is 0 Å². The summed E-state index contributed by atoms with van der Waals surface area (Å²) >= 11 is 1.94. The topological polar surface area (TPSA) is 38.9 Å². The lowest BCUT2D eigenvalue weighted by Crippen LogP contribution is -2.12. The zero-order valence-electron chi connectivity index (χ0n) is 8.81. The van der Waals surface area contributed by atoms with Crippen molar-refractivity contribution in [2.24, 2.45) is 5.73 Å². The van der Waals surface area contributed by atoms with E-state index in [1.165, 1.54) is 12.0 Å². The summed E-state index contributed by atoms with van der Waals surface area (Å²) in [4.78, 5) is 4.01. The van der Waals surface area contributed by atoms with E-state index in [-0.39, 0.29) is 0 Å². The second-order valence-corrected chi connectivity index (χ2v) is 5.01. The maximum absolute atomic E-state index is 5.77. The second-order valence-electron chi connectivity index (χ2n) is 3.36. The molecule has 0 aliphatic rings. The maximum atomic E-state index is 5.77. The predicted octanol–water partition coefficient (Wildman–Crippen LogP) is 2.61. The van der Waals surface area contributed by atoms with Crippen molar-refractivity contribution >= 4 is 11.8 Å². The largest absolute Gasteiger partial charge is 0.329 e. The van der Waals surface area contributed by atoms with Gasteiger partial charge in [-0.1, -0.05) is 13.8 Å². The van der Waals surface area contributed by atoms with Gasteiger partial charge in [-0.3, -0.25) is 4.98 Å². The fourth-order valence-corrected chi connectivity index (χ4v) is 2.40. The van der Waals surface area contributed by atoms with Crippen molar-refractivity contribution in [3.63, 3.8) is 0 Å². The van der Waals surface area contributed by atoms with Crippen molar-refractivity contribution in [2.45, 2.75) is 30.8 Å². The van der Waals surface area contributed by atoms with E-state index in [1.54, 1.807) is 0 Å². The molecule has 14 heavy (non-hydrogen) atoms. The molecule has 0 spiro atoms. The molecule has 78 valence electrons. The van der Waals surface area contributed by atoms with Gasteiger partial charge in [-0.05, 0) is 24.1 Å². The van der Waals surface area contributed by atoms with Gasteiger partial charge in [-0.25, -0.2) is 0 Å². The number of hydrogen-bond acceptors (Lipinski definition) is 3. The van der Waals surface area contributed by atoms with Crippen LogP contribution in [0.15, 0.2) is 24.5 Å². The van der Waals surface area contributed by atoms with E-state index in [4.69, 9.17) is 5.73 Å². The number of aromatic nitrogens is 1. The Kier molecular flexibility index (Phi) is 4.98. The summed E-state index contributed by atoms with van der Waals surface area (Å²) in [5, 5.41) is 1.07. The number of rotatable bonds is 5. The third kappa shape index (κ3) is 3.31. The SMILES string of the molecule is CCC(C)SC(CN)c1ccncc1. The average molecular weight is 210 g/mol. The van der Waals surface area contributed by atoms with Gasteiger partial charge in [0.2, 0.25) is 0 Å². The van der Waals surface area contributed by atoms with Gasteiger partial charge in [0.1, 0.15) is 0 Å². The molecule has 1 aromatic heterocycles. The van der Waals surface area contributed by atoms with Crippen LogP contribution in [-0.2, 0) is 0 Å². The van der Waals surface area contributed by atoms with Crippen molar-refractivity contribution in [3.8, 4) is 0 Å². The molecule has 3 heteroatoms. The number of thioether (sulfide) groups is 1. The molecule has 0 aliphatic carbocycles. The molecule has 0 fully saturated rings. The molecular formula is C11H18N2S. The molecule has 1 rings (SSSR count). The van der Waals surface area contributed by atoms with E-state index in [2.05, 4.69) is 18.8 Å². The van der Waals surface area contributed by atoms with Crippen molar-refractivity contribution in [3.05, 3.63) is 30.1 Å². The van der Waals surface area contributed by atoms with Gasteiger partial charge in [0.25, 0.3) is 0 Å². The van der Waals surface area contributed by atoms with Gasteiger partial charge in [0.05, 0.1) is 0 Å². The monoisotopic (exact) mass is 210 g/mol. The number of pyridine rings is 1. The van der Waals surface area contributed by atoms with Crippen LogP contribution in [0, 0.1) is 0 Å². The highest BCUT2D eigenvalue weighted by molar-refractivity contribution is 8.00. The van der Waals surface area contributed by atoms with Crippen LogP contribution in [0.25, 0.3) is 0 Å². The summed E-state index contributed by atoms with van der Waals surface area (Å²) in [6, 6.07) is 4.10. The molecule has 2 unspecified atom stereocenters. The van der Waals surface area contributed by atoms with Crippen LogP contribution in [0.1, 0.15) is 31.1 Å². The minimum absolute atomic E-state index is 0.410. The summed E-state index contributed by atoms with van der Waals surface area (Å²) < 4.78 is 0. The zero-order chi connectivity index (χ0) is 10.4. The van der Waals surface area contributed by atoms with E-state index < -0.39 is 0 Å². The maximum Gasteiger partial charge on any atom is 0.0423 e. The van der Waals surface area contributed by atoms with Gasteiger partial charge in [-0.2, -0.15) is 0 Å². The lowest BCUT2D eigenvalue weighted by Gasteiger charge is -2.18. The standard InChI is InChI=1S/C11H18N2S/c1-3-9(2)14-11(8-12)10-4-6-13-7-5-10/h4-7,9,11H,3,8,12H2,1-2H3. The molecule has 0 saturated carbocycles. The molecule has 0 amide bonds. The number of hydrogen-bond donors (Lipinski definition) is 1. The number of nitrogens with two attached hydrogens (primary N) is 1. The Morgan fingerprint density at radius 2 is 2.07 bits per heavy atom. The van der Waals surface area contributed by atoms with Crippen LogP contribution in [0.5, 0.6) is 0 Å². The highest BCUT2D eigenvalue weighted by atomic mass is 32.2. The van der Waals surface area contributed by atoms with Gasteiger partial charge < -0.3 is 5.73 Å². The smallest absolute Gasteiger partial charge is 0.0423 e. The van der Waals surface area contributed by atoms with Crippen LogP contribution in [0.2, 0.25) is 0 Å². The molecule has 0 aliphatic heterocycles. The summed E-state index contributed by atoms with van der Waals surface area (Å²) in [6.45, 7) is 5.14. The van der Waals surface area contributed by atoms with Gasteiger partial charge >= 0.3 is 0 Å². The Labute approximate surface area is 90.3 Å². The number of nitrogens with zero attached hydrogens (tertiary/aromatic N) is 1. The van der Waals surface area contributed by atoms with Gasteiger partial charge in [0.15, 0.2) is 0 Å². The molecule has 0 aromatic carbocycles. The lowest BCUT2D eigenvalue weighted by molar-refractivity contribution is 0.873. The summed E-state index contributed by atoms with van der Waals surface area (Å²) in [5.41, 5.74) is 7.05. The van der Waals surface area contributed by atoms with Crippen molar-refractivity contribution in [1.29, 1.82) is 0 Å². The Morgan fingerprint density at radius 1 is 1.43 bits per heavy atom. The van der Waals surface area contributed by atoms with Crippen molar-refractivity contribution < 1.29 is 0 Å². The molecule has 2 atom stereocenters. The molecule has 1 heterocycles. The molecular weight excluding hydrogens is 192 g/mol. The van der Waals surface area contributed by atoms with Crippen LogP contribution < -0.4 is 5.73 Å². The molecule has 0 saturated heterocycles. The lowest BCUT2D eigenvalue weighted by atomic mass is 10.2. The highest BCUT2D eigenvalue weighted by Gasteiger charge is 2.12. The Balaban J connectivity index is 2.63. The third-order valence-electron chi connectivity index (χ3n) is 2.26. The fraction of sp³-hybridized carbons (Fsp3) is 0.545. The molecule has 0 bridgehead atoms. The Hall–Kier alpha value is -0.540. The second kappa shape index (κ2) is 6.04. The van der Waals surface area contributed by atoms with Crippen molar-refractivity contribution in [1.82, 2.24) is 4.98 Å². The van der Waals surface area contributed by atoms with E-state index >= 15 is 0 Å². The minimum atomic E-state index is 0.410. The van der Waals surface area contributed by atoms with Crippen molar-refractivity contribution in [2.75, 3.05) is 6.54 Å². The summed E-state index contributed by atoms with van der Waals surface area (Å²) in [6.07, 6.45) is 4.84. The first-order valence-corrected chi connectivity index (χ1v) is 5.97. The van der Waals surface area contributed by atoms with Crippen LogP contribution >= 0.6 is 11.8 Å². The predicted molar refractivity (Wildman–Crippen MR) is 63.4 cm³/mol. The van der Waals surface area contributed by atoms with E-state index in [0.29, 0.717) is 17.0 Å². The normalized spacial score (nSPS) is 15.1. The first-order chi connectivity index (χ1) is 6.77. The first-order valence-electron chi connectivity index (χ1n) is 5.03. The van der Waals surface area contributed by atoms with E-state index in [9.17, 15) is 0 Å². The molecule has 0 radical (unpaired) electrons. The summed E-state index contributed by atoms with van der Waals surface area (Å²) in [5.74, 6) is 0. The van der Waals surface area contributed by atoms with Crippen LogP contribution in [-0.4, -0.2) is 16.8 Å². The van der Waals surface area contributed by atoms with Gasteiger partial charge in [0, 0.05) is 29.4 Å². The average Bonchev–Trinajstić information content (AvgIpc) is 2.26. The Bertz CT molecular complexity index is 251. The molecule has 2 nitrogen and oxygen atoms in total. The highest BCUT2D eigenvalue weighted by Crippen LogP contribution is 2.31. The third-order valence-corrected chi connectivity index (χ3v) is 3.85. The van der Waals surface area contributed by atoms with Crippen LogP contribution in [0.3, 0.4) is 0 Å². The summed E-state index contributed by atoms with van der Waals surface area (Å²) in [7, 11) is 0. The molecule has 1 aromatic rings. The Morgan fingerprint density at radius 3 is 2.57 bits per heavy atom. The fourth-order valence-electron chi connectivity index (χ4n) is 1.22. The minimum Gasteiger partial charge on any atom is -0.329 e.